The third-order valence-corrected chi connectivity index (χ3v) is 6.38. The fraction of sp³-hybridized carbons (Fsp3) is 0.414. The molecule has 200 valence electrons. The number of hydrogen-bond donors (Lipinski definition) is 2. The average molecular weight is 528 g/mol. The first-order valence-electron chi connectivity index (χ1n) is 12.3. The Morgan fingerprint density at radius 1 is 1.16 bits per heavy atom. The van der Waals surface area contributed by atoms with Gasteiger partial charge in [-0.05, 0) is 62.4 Å². The van der Waals surface area contributed by atoms with Crippen LogP contribution in [0, 0.1) is 12.8 Å². The van der Waals surface area contributed by atoms with Crippen LogP contribution < -0.4 is 10.6 Å². The van der Waals surface area contributed by atoms with Crippen molar-refractivity contribution in [2.45, 2.75) is 65.6 Å². The van der Waals surface area contributed by atoms with Crippen molar-refractivity contribution in [3.05, 3.63) is 70.8 Å². The van der Waals surface area contributed by atoms with Crippen LogP contribution in [0.15, 0.2) is 49.0 Å². The Morgan fingerprint density at radius 3 is 2.38 bits per heavy atom. The van der Waals surface area contributed by atoms with E-state index in [1.807, 2.05) is 32.9 Å². The van der Waals surface area contributed by atoms with Crippen LogP contribution in [0.2, 0.25) is 5.02 Å². The summed E-state index contributed by atoms with van der Waals surface area (Å²) in [6.07, 6.45) is 1.60. The first-order chi connectivity index (χ1) is 17.3. The number of nitrogens with zero attached hydrogens (tertiary/aromatic N) is 1. The maximum Gasteiger partial charge on any atom is 0.408 e. The van der Waals surface area contributed by atoms with Gasteiger partial charge in [0.2, 0.25) is 5.91 Å². The number of hydrogen-bond acceptors (Lipinski definition) is 4. The zero-order valence-corrected chi connectivity index (χ0v) is 23.5. The first-order valence-corrected chi connectivity index (χ1v) is 12.7. The van der Waals surface area contributed by atoms with Crippen LogP contribution >= 0.6 is 11.6 Å². The van der Waals surface area contributed by atoms with Crippen molar-refractivity contribution in [2.75, 3.05) is 12.4 Å². The molecule has 3 atom stereocenters. The van der Waals surface area contributed by atoms with E-state index in [9.17, 15) is 14.4 Å². The number of aryl methyl sites for hydroxylation is 1. The van der Waals surface area contributed by atoms with E-state index in [1.165, 1.54) is 4.90 Å². The van der Waals surface area contributed by atoms with Crippen molar-refractivity contribution in [3.8, 4) is 0 Å². The van der Waals surface area contributed by atoms with E-state index in [1.54, 1.807) is 64.2 Å². The largest absolute Gasteiger partial charge is 0.444 e. The molecule has 2 aromatic rings. The monoisotopic (exact) mass is 527 g/mol. The lowest BCUT2D eigenvalue weighted by atomic mass is 9.95. The molecule has 0 aliphatic rings. The summed E-state index contributed by atoms with van der Waals surface area (Å²) in [4.78, 5) is 41.5. The van der Waals surface area contributed by atoms with Crippen molar-refractivity contribution in [1.82, 2.24) is 10.2 Å². The van der Waals surface area contributed by atoms with Crippen molar-refractivity contribution < 1.29 is 19.1 Å². The number of likely N-dealkylation sites (N-methyl/N-ethyl adjacent to an activating group) is 1. The number of para-hydroxylation sites is 1. The molecule has 8 heteroatoms. The minimum Gasteiger partial charge on any atom is -0.444 e. The van der Waals surface area contributed by atoms with E-state index in [0.717, 1.165) is 11.1 Å². The molecule has 2 aromatic carbocycles. The van der Waals surface area contributed by atoms with E-state index in [0.29, 0.717) is 22.7 Å². The number of anilines is 1. The normalized spacial score (nSPS) is 13.6. The van der Waals surface area contributed by atoms with Gasteiger partial charge in [0.15, 0.2) is 0 Å². The van der Waals surface area contributed by atoms with E-state index < -0.39 is 35.6 Å². The zero-order chi connectivity index (χ0) is 27.9. The molecule has 0 saturated heterocycles. The average Bonchev–Trinajstić information content (AvgIpc) is 2.83. The van der Waals surface area contributed by atoms with Gasteiger partial charge in [0, 0.05) is 7.05 Å². The molecule has 0 aliphatic carbocycles. The predicted molar refractivity (Wildman–Crippen MR) is 149 cm³/mol. The second-order valence-corrected chi connectivity index (χ2v) is 10.6. The van der Waals surface area contributed by atoms with Crippen LogP contribution in [-0.4, -0.2) is 41.5 Å². The minimum atomic E-state index is -1.00. The molecule has 0 bridgehead atoms. The standard InChI is InChI=1S/C29H38ClN3O4/c1-9-18(3)24(32-28(36)37-29(5,6)7)27(35)33(8)25(21-15-12-14-20(10-2)17-21)26(34)31-23-19(4)13-11-16-22(23)30/h10-18,24-25H,2,9H2,1,3-8H3,(H,31,34)(H,32,36). The number of carbonyl (C=O) groups excluding carboxylic acids is 3. The van der Waals surface area contributed by atoms with E-state index in [-0.39, 0.29) is 5.92 Å². The summed E-state index contributed by atoms with van der Waals surface area (Å²) in [5.74, 6) is -1.06. The molecule has 3 amide bonds. The van der Waals surface area contributed by atoms with Gasteiger partial charge >= 0.3 is 6.09 Å². The maximum atomic E-state index is 13.8. The molecule has 2 N–H and O–H groups in total. The summed E-state index contributed by atoms with van der Waals surface area (Å²) in [6, 6.07) is 10.7. The highest BCUT2D eigenvalue weighted by Gasteiger charge is 2.36. The Balaban J connectivity index is 2.48. The van der Waals surface area contributed by atoms with Gasteiger partial charge < -0.3 is 20.3 Å². The summed E-state index contributed by atoms with van der Waals surface area (Å²) in [7, 11) is 1.55. The smallest absolute Gasteiger partial charge is 0.408 e. The summed E-state index contributed by atoms with van der Waals surface area (Å²) in [6.45, 7) is 14.7. The SMILES string of the molecule is C=Cc1cccc(C(C(=O)Nc2c(C)cccc2Cl)N(C)C(=O)C(NC(=O)OC(C)(C)C)C(C)CC)c1. The van der Waals surface area contributed by atoms with E-state index >= 15 is 0 Å². The molecular formula is C29H38ClN3O4. The Kier molecular flexibility index (Phi) is 10.3. The molecule has 0 fully saturated rings. The Morgan fingerprint density at radius 2 is 1.81 bits per heavy atom. The number of carbonyl (C=O) groups is 3. The van der Waals surface area contributed by atoms with Crippen LogP contribution in [0.5, 0.6) is 0 Å². The fourth-order valence-electron chi connectivity index (χ4n) is 3.85. The van der Waals surface area contributed by atoms with Crippen molar-refractivity contribution in [2.24, 2.45) is 5.92 Å². The maximum absolute atomic E-state index is 13.8. The molecule has 2 rings (SSSR count). The number of nitrogens with one attached hydrogen (secondary N) is 2. The van der Waals surface area contributed by atoms with Gasteiger partial charge in [-0.2, -0.15) is 0 Å². The summed E-state index contributed by atoms with van der Waals surface area (Å²) < 4.78 is 5.40. The van der Waals surface area contributed by atoms with Crippen LogP contribution in [0.25, 0.3) is 6.08 Å². The molecule has 0 radical (unpaired) electrons. The molecular weight excluding hydrogens is 490 g/mol. The highest BCUT2D eigenvalue weighted by atomic mass is 35.5. The lowest BCUT2D eigenvalue weighted by Crippen LogP contribution is -2.53. The number of ether oxygens (including phenoxy) is 1. The van der Waals surface area contributed by atoms with Crippen LogP contribution in [0.4, 0.5) is 10.5 Å². The summed E-state index contributed by atoms with van der Waals surface area (Å²) in [5.41, 5.74) is 1.94. The molecule has 7 nitrogen and oxygen atoms in total. The van der Waals surface area contributed by atoms with Gasteiger partial charge in [0.1, 0.15) is 17.7 Å². The molecule has 0 aliphatic heterocycles. The van der Waals surface area contributed by atoms with Crippen LogP contribution in [-0.2, 0) is 14.3 Å². The molecule has 3 unspecified atom stereocenters. The Hall–Kier alpha value is -3.32. The molecule has 37 heavy (non-hydrogen) atoms. The summed E-state index contributed by atoms with van der Waals surface area (Å²) >= 11 is 6.36. The number of rotatable bonds is 9. The highest BCUT2D eigenvalue weighted by molar-refractivity contribution is 6.34. The van der Waals surface area contributed by atoms with E-state index in [4.69, 9.17) is 16.3 Å². The van der Waals surface area contributed by atoms with E-state index in [2.05, 4.69) is 17.2 Å². The predicted octanol–water partition coefficient (Wildman–Crippen LogP) is 6.37. The molecule has 0 spiro atoms. The molecule has 0 aromatic heterocycles. The van der Waals surface area contributed by atoms with Crippen molar-refractivity contribution >= 4 is 41.3 Å². The number of amides is 3. The Bertz CT molecular complexity index is 1120. The highest BCUT2D eigenvalue weighted by Crippen LogP contribution is 2.29. The van der Waals surface area contributed by atoms with Crippen molar-refractivity contribution in [3.63, 3.8) is 0 Å². The minimum absolute atomic E-state index is 0.212. The second kappa shape index (κ2) is 12.8. The zero-order valence-electron chi connectivity index (χ0n) is 22.7. The van der Waals surface area contributed by atoms with Crippen molar-refractivity contribution in [1.29, 1.82) is 0 Å². The number of benzene rings is 2. The van der Waals surface area contributed by atoms with Gasteiger partial charge in [-0.25, -0.2) is 4.79 Å². The lowest BCUT2D eigenvalue weighted by molar-refractivity contribution is -0.140. The van der Waals surface area contributed by atoms with Gasteiger partial charge in [0.25, 0.3) is 5.91 Å². The number of halogens is 1. The molecule has 0 saturated carbocycles. The van der Waals surface area contributed by atoms with Crippen LogP contribution in [0.1, 0.15) is 63.8 Å². The first kappa shape index (κ1) is 29.9. The third kappa shape index (κ3) is 8.09. The van der Waals surface area contributed by atoms with Crippen LogP contribution in [0.3, 0.4) is 0 Å². The van der Waals surface area contributed by atoms with Gasteiger partial charge in [-0.3, -0.25) is 9.59 Å². The summed E-state index contributed by atoms with van der Waals surface area (Å²) in [5, 5.41) is 6.01. The van der Waals surface area contributed by atoms with Gasteiger partial charge in [-0.1, -0.05) is 74.9 Å². The lowest BCUT2D eigenvalue weighted by Gasteiger charge is -2.33. The topological polar surface area (TPSA) is 87.7 Å². The quantitative estimate of drug-likeness (QED) is 0.396. The Labute approximate surface area is 225 Å². The third-order valence-electron chi connectivity index (χ3n) is 6.07. The van der Waals surface area contributed by atoms with Gasteiger partial charge in [-0.15, -0.1) is 0 Å². The fourth-order valence-corrected chi connectivity index (χ4v) is 4.12. The molecule has 0 heterocycles. The van der Waals surface area contributed by atoms with Gasteiger partial charge in [0.05, 0.1) is 10.7 Å². The second-order valence-electron chi connectivity index (χ2n) is 10.2. The number of alkyl carbamates (subject to hydrolysis) is 1.